The summed E-state index contributed by atoms with van der Waals surface area (Å²) in [6, 6.07) is 4.41. The van der Waals surface area contributed by atoms with Crippen molar-refractivity contribution in [1.29, 1.82) is 0 Å². The van der Waals surface area contributed by atoms with Gasteiger partial charge in [-0.3, -0.25) is 9.78 Å². The van der Waals surface area contributed by atoms with Crippen molar-refractivity contribution in [2.75, 3.05) is 5.32 Å². The SMILES string of the molecule is CC(C)(C(=O)Nc1cccnc1)S(=O)(=O)c1ccc(C(F)(F)F)cn1. The largest absolute Gasteiger partial charge is 0.417 e. The lowest BCUT2D eigenvalue weighted by atomic mass is 10.2. The molecule has 2 heterocycles. The number of halogens is 3. The number of anilines is 1. The first-order valence-corrected chi connectivity index (χ1v) is 8.44. The smallest absolute Gasteiger partial charge is 0.323 e. The van der Waals surface area contributed by atoms with E-state index in [-0.39, 0.29) is 5.69 Å². The molecular weight excluding hydrogens is 359 g/mol. The van der Waals surface area contributed by atoms with E-state index < -0.39 is 37.3 Å². The molecule has 0 aromatic carbocycles. The van der Waals surface area contributed by atoms with Gasteiger partial charge in [-0.25, -0.2) is 13.4 Å². The van der Waals surface area contributed by atoms with Crippen LogP contribution in [0.25, 0.3) is 0 Å². The number of carbonyl (C=O) groups excluding carboxylic acids is 1. The van der Waals surface area contributed by atoms with Gasteiger partial charge in [-0.15, -0.1) is 0 Å². The lowest BCUT2D eigenvalue weighted by Gasteiger charge is -2.23. The van der Waals surface area contributed by atoms with E-state index in [1.807, 2.05) is 0 Å². The van der Waals surface area contributed by atoms with Crippen molar-refractivity contribution in [2.24, 2.45) is 0 Å². The summed E-state index contributed by atoms with van der Waals surface area (Å²) in [7, 11) is -4.33. The predicted octanol–water partition coefficient (Wildman–Crippen LogP) is 2.69. The Kier molecular flexibility index (Phi) is 4.85. The Morgan fingerprint density at radius 3 is 2.28 bits per heavy atom. The Morgan fingerprint density at radius 1 is 1.12 bits per heavy atom. The van der Waals surface area contributed by atoms with E-state index in [9.17, 15) is 26.4 Å². The van der Waals surface area contributed by atoms with E-state index in [1.54, 1.807) is 6.07 Å². The fourth-order valence-electron chi connectivity index (χ4n) is 1.81. The summed E-state index contributed by atoms with van der Waals surface area (Å²) in [4.78, 5) is 19.5. The molecule has 0 spiro atoms. The molecule has 2 rings (SSSR count). The Morgan fingerprint density at radius 2 is 1.80 bits per heavy atom. The van der Waals surface area contributed by atoms with Crippen LogP contribution in [0.1, 0.15) is 19.4 Å². The highest BCUT2D eigenvalue weighted by Gasteiger charge is 2.44. The first kappa shape index (κ1) is 18.8. The normalized spacial score (nSPS) is 12.7. The molecule has 0 aliphatic heterocycles. The first-order chi connectivity index (χ1) is 11.5. The minimum absolute atomic E-state index is 0.288. The third kappa shape index (κ3) is 3.78. The van der Waals surface area contributed by atoms with Gasteiger partial charge in [0, 0.05) is 12.4 Å². The van der Waals surface area contributed by atoms with Gasteiger partial charge in [0.2, 0.25) is 15.7 Å². The van der Waals surface area contributed by atoms with Crippen molar-refractivity contribution in [2.45, 2.75) is 29.8 Å². The zero-order chi connectivity index (χ0) is 18.9. The number of hydrogen-bond acceptors (Lipinski definition) is 5. The molecule has 0 aliphatic rings. The molecule has 0 aliphatic carbocycles. The molecule has 6 nitrogen and oxygen atoms in total. The Balaban J connectivity index is 2.31. The third-order valence-electron chi connectivity index (χ3n) is 3.48. The molecule has 2 aromatic heterocycles. The number of rotatable bonds is 4. The van der Waals surface area contributed by atoms with Crippen LogP contribution in [0.2, 0.25) is 0 Å². The third-order valence-corrected chi connectivity index (χ3v) is 5.80. The minimum atomic E-state index is -4.64. The van der Waals surface area contributed by atoms with Crippen LogP contribution in [0.15, 0.2) is 47.9 Å². The van der Waals surface area contributed by atoms with E-state index in [1.165, 1.54) is 18.5 Å². The van der Waals surface area contributed by atoms with Crippen molar-refractivity contribution in [1.82, 2.24) is 9.97 Å². The maximum Gasteiger partial charge on any atom is 0.417 e. The number of nitrogens with zero attached hydrogens (tertiary/aromatic N) is 2. The molecule has 134 valence electrons. The predicted molar refractivity (Wildman–Crippen MR) is 83.4 cm³/mol. The van der Waals surface area contributed by atoms with Gasteiger partial charge in [0.1, 0.15) is 0 Å². The summed E-state index contributed by atoms with van der Waals surface area (Å²) >= 11 is 0. The zero-order valence-electron chi connectivity index (χ0n) is 13.2. The fourth-order valence-corrected chi connectivity index (χ4v) is 3.07. The Labute approximate surface area is 142 Å². The summed E-state index contributed by atoms with van der Waals surface area (Å²) in [6.45, 7) is 2.29. The number of carbonyl (C=O) groups is 1. The quantitative estimate of drug-likeness (QED) is 0.890. The number of sulfone groups is 1. The summed E-state index contributed by atoms with van der Waals surface area (Å²) in [5.74, 6) is -0.859. The van der Waals surface area contributed by atoms with E-state index >= 15 is 0 Å². The molecule has 1 N–H and O–H groups in total. The van der Waals surface area contributed by atoms with Crippen LogP contribution in [0.5, 0.6) is 0 Å². The lowest BCUT2D eigenvalue weighted by molar-refractivity contribution is -0.137. The molecule has 0 atom stereocenters. The first-order valence-electron chi connectivity index (χ1n) is 6.95. The van der Waals surface area contributed by atoms with Crippen LogP contribution in [-0.2, 0) is 20.8 Å². The highest BCUT2D eigenvalue weighted by atomic mass is 32.2. The molecule has 0 fully saturated rings. The maximum absolute atomic E-state index is 12.6. The van der Waals surface area contributed by atoms with Crippen molar-refractivity contribution in [3.05, 3.63) is 48.4 Å². The van der Waals surface area contributed by atoms with Crippen molar-refractivity contribution in [3.8, 4) is 0 Å². The average Bonchev–Trinajstić information content (AvgIpc) is 2.55. The van der Waals surface area contributed by atoms with Crippen LogP contribution in [0, 0.1) is 0 Å². The number of aromatic nitrogens is 2. The molecule has 0 saturated heterocycles. The van der Waals surface area contributed by atoms with Crippen molar-refractivity contribution in [3.63, 3.8) is 0 Å². The van der Waals surface area contributed by atoms with Gasteiger partial charge in [0.25, 0.3) is 0 Å². The monoisotopic (exact) mass is 373 g/mol. The minimum Gasteiger partial charge on any atom is -0.323 e. The average molecular weight is 373 g/mol. The molecule has 0 saturated carbocycles. The van der Waals surface area contributed by atoms with Crippen molar-refractivity contribution < 1.29 is 26.4 Å². The standard InChI is InChI=1S/C15H14F3N3O3S/c1-14(2,13(22)21-11-4-3-7-19-9-11)25(23,24)12-6-5-10(8-20-12)15(16,17)18/h3-9H,1-2H3,(H,21,22). The second-order valence-electron chi connectivity index (χ2n) is 5.59. The fraction of sp³-hybridized carbons (Fsp3) is 0.267. The molecular formula is C15H14F3N3O3S. The number of amides is 1. The van der Waals surface area contributed by atoms with Crippen LogP contribution in [-0.4, -0.2) is 29.0 Å². The molecule has 2 aromatic rings. The highest BCUT2D eigenvalue weighted by molar-refractivity contribution is 7.93. The second kappa shape index (κ2) is 6.43. The Bertz CT molecular complexity index is 864. The molecule has 0 radical (unpaired) electrons. The molecule has 10 heteroatoms. The molecule has 0 bridgehead atoms. The van der Waals surface area contributed by atoms with Gasteiger partial charge >= 0.3 is 6.18 Å². The number of pyridine rings is 2. The lowest BCUT2D eigenvalue weighted by Crippen LogP contribution is -2.44. The van der Waals surface area contributed by atoms with E-state index in [0.29, 0.717) is 12.3 Å². The van der Waals surface area contributed by atoms with E-state index in [2.05, 4.69) is 15.3 Å². The zero-order valence-corrected chi connectivity index (χ0v) is 14.0. The maximum atomic E-state index is 12.6. The van der Waals surface area contributed by atoms with Gasteiger partial charge < -0.3 is 5.32 Å². The highest BCUT2D eigenvalue weighted by Crippen LogP contribution is 2.31. The molecule has 0 unspecified atom stereocenters. The van der Waals surface area contributed by atoms with Gasteiger partial charge in [0.15, 0.2) is 9.77 Å². The van der Waals surface area contributed by atoms with E-state index in [0.717, 1.165) is 19.9 Å². The summed E-state index contributed by atoms with van der Waals surface area (Å²) in [6.07, 6.45) is -1.41. The van der Waals surface area contributed by atoms with Gasteiger partial charge in [0.05, 0.1) is 17.4 Å². The number of alkyl halides is 3. The van der Waals surface area contributed by atoms with Gasteiger partial charge in [-0.1, -0.05) is 0 Å². The number of nitrogens with one attached hydrogen (secondary N) is 1. The van der Waals surface area contributed by atoms with Crippen LogP contribution in [0.3, 0.4) is 0 Å². The summed E-state index contributed by atoms with van der Waals surface area (Å²) in [5.41, 5.74) is -0.791. The van der Waals surface area contributed by atoms with E-state index in [4.69, 9.17) is 0 Å². The topological polar surface area (TPSA) is 89.0 Å². The van der Waals surface area contributed by atoms with Crippen LogP contribution < -0.4 is 5.32 Å². The van der Waals surface area contributed by atoms with Crippen molar-refractivity contribution >= 4 is 21.4 Å². The van der Waals surface area contributed by atoms with Crippen LogP contribution in [0.4, 0.5) is 18.9 Å². The molecule has 1 amide bonds. The van der Waals surface area contributed by atoms with Gasteiger partial charge in [-0.2, -0.15) is 13.2 Å². The van der Waals surface area contributed by atoms with Gasteiger partial charge in [-0.05, 0) is 38.1 Å². The summed E-state index contributed by atoms with van der Waals surface area (Å²) in [5, 5.41) is 1.79. The molecule has 25 heavy (non-hydrogen) atoms. The second-order valence-corrected chi connectivity index (χ2v) is 8.04. The van der Waals surface area contributed by atoms with Crippen LogP contribution >= 0.6 is 0 Å². The summed E-state index contributed by atoms with van der Waals surface area (Å²) < 4.78 is 61.0. The Hall–Kier alpha value is -2.49. The number of hydrogen-bond donors (Lipinski definition) is 1.